The van der Waals surface area contributed by atoms with Gasteiger partial charge in [0.1, 0.15) is 5.75 Å². The van der Waals surface area contributed by atoms with Crippen molar-refractivity contribution in [2.45, 2.75) is 38.8 Å². The number of carbonyl (C=O) groups excluding carboxylic acids is 2. The second kappa shape index (κ2) is 8.82. The van der Waals surface area contributed by atoms with E-state index >= 15 is 0 Å². The molecule has 7 nitrogen and oxygen atoms in total. The molecule has 2 rings (SSSR count). The highest BCUT2D eigenvalue weighted by Crippen LogP contribution is 2.35. The number of ether oxygens (including phenoxy) is 5. The summed E-state index contributed by atoms with van der Waals surface area (Å²) in [5, 5.41) is 0. The van der Waals surface area contributed by atoms with Crippen LogP contribution in [0.15, 0.2) is 42.0 Å². The molecule has 1 aromatic carbocycles. The average Bonchev–Trinajstić information content (AvgIpc) is 2.64. The van der Waals surface area contributed by atoms with E-state index in [1.165, 1.54) is 7.11 Å². The van der Waals surface area contributed by atoms with E-state index in [1.807, 2.05) is 6.07 Å². The number of methoxy groups -OCH3 is 1. The standard InChI is InChI=1S/C19H24O7/c1-5-23-17(20)19(18(21)24-6-2)16(13(3)12-15(22-4)26-19)25-14-10-8-7-9-11-14/h7-12,15-16H,5-6H2,1-4H3/t15-,16+/m0/s1. The zero-order valence-corrected chi connectivity index (χ0v) is 15.4. The first-order valence-electron chi connectivity index (χ1n) is 8.44. The van der Waals surface area contributed by atoms with Gasteiger partial charge >= 0.3 is 17.5 Å². The van der Waals surface area contributed by atoms with Crippen molar-refractivity contribution in [3.05, 3.63) is 42.0 Å². The van der Waals surface area contributed by atoms with Gasteiger partial charge in [-0.3, -0.25) is 0 Å². The minimum Gasteiger partial charge on any atom is -0.482 e. The molecule has 0 fully saturated rings. The van der Waals surface area contributed by atoms with E-state index in [-0.39, 0.29) is 13.2 Å². The molecule has 7 heteroatoms. The predicted octanol–water partition coefficient (Wildman–Crippen LogP) is 2.25. The van der Waals surface area contributed by atoms with Gasteiger partial charge < -0.3 is 23.7 Å². The molecule has 1 aliphatic heterocycles. The zero-order chi connectivity index (χ0) is 19.2. The Morgan fingerprint density at radius 2 is 1.65 bits per heavy atom. The van der Waals surface area contributed by atoms with Crippen molar-refractivity contribution in [3.8, 4) is 5.75 Å². The van der Waals surface area contributed by atoms with Crippen molar-refractivity contribution in [2.75, 3.05) is 20.3 Å². The maximum Gasteiger partial charge on any atom is 0.354 e. The number of carbonyl (C=O) groups is 2. The molecule has 0 N–H and O–H groups in total. The Labute approximate surface area is 152 Å². The molecule has 0 unspecified atom stereocenters. The smallest absolute Gasteiger partial charge is 0.354 e. The van der Waals surface area contributed by atoms with Gasteiger partial charge in [0.25, 0.3) is 0 Å². The molecule has 1 aliphatic rings. The molecule has 0 radical (unpaired) electrons. The number of esters is 2. The average molecular weight is 364 g/mol. The second-order valence-electron chi connectivity index (χ2n) is 5.62. The fraction of sp³-hybridized carbons (Fsp3) is 0.474. The maximum absolute atomic E-state index is 12.8. The third kappa shape index (κ3) is 3.89. The lowest BCUT2D eigenvalue weighted by molar-refractivity contribution is -0.235. The second-order valence-corrected chi connectivity index (χ2v) is 5.62. The summed E-state index contributed by atoms with van der Waals surface area (Å²) in [4.78, 5) is 25.7. The van der Waals surface area contributed by atoms with Crippen LogP contribution in [-0.4, -0.2) is 50.3 Å². The predicted molar refractivity (Wildman–Crippen MR) is 92.5 cm³/mol. The molecule has 0 bridgehead atoms. The molecule has 142 valence electrons. The van der Waals surface area contributed by atoms with Gasteiger partial charge in [0.2, 0.25) is 0 Å². The molecule has 0 aromatic heterocycles. The molecular weight excluding hydrogens is 340 g/mol. The van der Waals surface area contributed by atoms with E-state index in [4.69, 9.17) is 23.7 Å². The molecule has 26 heavy (non-hydrogen) atoms. The van der Waals surface area contributed by atoms with Crippen molar-refractivity contribution < 1.29 is 33.3 Å². The minimum absolute atomic E-state index is 0.0712. The first-order chi connectivity index (χ1) is 12.5. The summed E-state index contributed by atoms with van der Waals surface area (Å²) in [6.45, 7) is 5.16. The van der Waals surface area contributed by atoms with E-state index in [0.29, 0.717) is 11.3 Å². The Balaban J connectivity index is 2.54. The number of benzene rings is 1. The van der Waals surface area contributed by atoms with Crippen molar-refractivity contribution in [1.29, 1.82) is 0 Å². The van der Waals surface area contributed by atoms with Crippen LogP contribution in [-0.2, 0) is 28.5 Å². The monoisotopic (exact) mass is 364 g/mol. The van der Waals surface area contributed by atoms with E-state index < -0.39 is 29.9 Å². The van der Waals surface area contributed by atoms with E-state index in [2.05, 4.69) is 0 Å². The molecule has 0 saturated heterocycles. The van der Waals surface area contributed by atoms with Crippen molar-refractivity contribution in [2.24, 2.45) is 0 Å². The molecule has 0 saturated carbocycles. The lowest BCUT2D eigenvalue weighted by Crippen LogP contribution is -2.64. The SMILES string of the molecule is CCOC(=O)C1(C(=O)OCC)O[C@H](OC)C=C(C)[C@H]1Oc1ccccc1. The van der Waals surface area contributed by atoms with Gasteiger partial charge in [0.05, 0.1) is 13.2 Å². The summed E-state index contributed by atoms with van der Waals surface area (Å²) in [5.74, 6) is -1.29. The van der Waals surface area contributed by atoms with Crippen LogP contribution in [0, 0.1) is 0 Å². The summed E-state index contributed by atoms with van der Waals surface area (Å²) < 4.78 is 27.2. The highest BCUT2D eigenvalue weighted by atomic mass is 16.7. The quantitative estimate of drug-likeness (QED) is 0.417. The lowest BCUT2D eigenvalue weighted by Gasteiger charge is -2.41. The van der Waals surface area contributed by atoms with Crippen LogP contribution in [0.5, 0.6) is 5.75 Å². The van der Waals surface area contributed by atoms with Gasteiger partial charge in [-0.05, 0) is 44.6 Å². The summed E-state index contributed by atoms with van der Waals surface area (Å²) in [5.41, 5.74) is -1.53. The van der Waals surface area contributed by atoms with Crippen molar-refractivity contribution in [3.63, 3.8) is 0 Å². The molecule has 0 aliphatic carbocycles. The third-order valence-corrected chi connectivity index (χ3v) is 3.87. The largest absolute Gasteiger partial charge is 0.482 e. The first kappa shape index (κ1) is 19.9. The van der Waals surface area contributed by atoms with Crippen LogP contribution >= 0.6 is 0 Å². The topological polar surface area (TPSA) is 80.3 Å². The summed E-state index contributed by atoms with van der Waals surface area (Å²) in [6.07, 6.45) is -0.335. The minimum atomic E-state index is -2.12. The van der Waals surface area contributed by atoms with E-state index in [9.17, 15) is 9.59 Å². The molecule has 0 spiro atoms. The Kier molecular flexibility index (Phi) is 6.76. The van der Waals surface area contributed by atoms with Crippen LogP contribution in [0.4, 0.5) is 0 Å². The maximum atomic E-state index is 12.8. The Morgan fingerprint density at radius 1 is 1.08 bits per heavy atom. The highest BCUT2D eigenvalue weighted by Gasteiger charge is 2.62. The van der Waals surface area contributed by atoms with Crippen LogP contribution in [0.3, 0.4) is 0 Å². The highest BCUT2D eigenvalue weighted by molar-refractivity contribution is 6.05. The number of rotatable bonds is 7. The summed E-state index contributed by atoms with van der Waals surface area (Å²) in [6, 6.07) is 8.84. The van der Waals surface area contributed by atoms with E-state index in [0.717, 1.165) is 0 Å². The summed E-state index contributed by atoms with van der Waals surface area (Å²) in [7, 11) is 1.41. The molecule has 1 aromatic rings. The van der Waals surface area contributed by atoms with Gasteiger partial charge in [0.15, 0.2) is 12.4 Å². The normalized spacial score (nSPS) is 21.5. The van der Waals surface area contributed by atoms with Gasteiger partial charge in [0, 0.05) is 7.11 Å². The lowest BCUT2D eigenvalue weighted by atomic mass is 9.88. The molecule has 1 heterocycles. The van der Waals surface area contributed by atoms with Gasteiger partial charge in [-0.1, -0.05) is 18.2 Å². The zero-order valence-electron chi connectivity index (χ0n) is 15.4. The Bertz CT molecular complexity index is 635. The van der Waals surface area contributed by atoms with E-state index in [1.54, 1.807) is 51.1 Å². The van der Waals surface area contributed by atoms with Crippen LogP contribution < -0.4 is 4.74 Å². The number of hydrogen-bond acceptors (Lipinski definition) is 7. The van der Waals surface area contributed by atoms with Crippen LogP contribution in [0.1, 0.15) is 20.8 Å². The summed E-state index contributed by atoms with van der Waals surface area (Å²) >= 11 is 0. The van der Waals surface area contributed by atoms with Gasteiger partial charge in [-0.15, -0.1) is 0 Å². The molecular formula is C19H24O7. The van der Waals surface area contributed by atoms with Crippen molar-refractivity contribution in [1.82, 2.24) is 0 Å². The fourth-order valence-corrected chi connectivity index (χ4v) is 2.70. The third-order valence-electron chi connectivity index (χ3n) is 3.87. The molecule has 2 atom stereocenters. The number of hydrogen-bond donors (Lipinski definition) is 0. The van der Waals surface area contributed by atoms with Gasteiger partial charge in [-0.2, -0.15) is 0 Å². The van der Waals surface area contributed by atoms with Gasteiger partial charge in [-0.25, -0.2) is 9.59 Å². The Morgan fingerprint density at radius 3 is 2.15 bits per heavy atom. The first-order valence-corrected chi connectivity index (χ1v) is 8.44. The van der Waals surface area contributed by atoms with Crippen LogP contribution in [0.25, 0.3) is 0 Å². The molecule has 0 amide bonds. The number of para-hydroxylation sites is 1. The van der Waals surface area contributed by atoms with Crippen LogP contribution in [0.2, 0.25) is 0 Å². The fourth-order valence-electron chi connectivity index (χ4n) is 2.70. The Hall–Kier alpha value is -2.38. The van der Waals surface area contributed by atoms with Crippen molar-refractivity contribution >= 4 is 11.9 Å².